The van der Waals surface area contributed by atoms with Crippen LogP contribution in [0.15, 0.2) is 0 Å². The number of carbonyl (C=O) groups is 2. The third kappa shape index (κ3) is 5.70. The van der Waals surface area contributed by atoms with Crippen LogP contribution < -0.4 is 22.5 Å². The van der Waals surface area contributed by atoms with Crippen LogP contribution in [0.3, 0.4) is 0 Å². The summed E-state index contributed by atoms with van der Waals surface area (Å²) in [5, 5.41) is 0. The van der Waals surface area contributed by atoms with Crippen LogP contribution in [0.5, 0.6) is 0 Å². The predicted octanol–water partition coefficient (Wildman–Crippen LogP) is -1.43. The summed E-state index contributed by atoms with van der Waals surface area (Å²) in [6, 6.07) is 0. The summed E-state index contributed by atoms with van der Waals surface area (Å²) < 4.78 is 9.05. The molecule has 0 spiro atoms. The highest BCUT2D eigenvalue weighted by atomic mass is 16.6. The molecule has 0 radical (unpaired) electrons. The molecule has 0 fully saturated rings. The quantitative estimate of drug-likeness (QED) is 0.246. The molecule has 76 valence electrons. The van der Waals surface area contributed by atoms with Gasteiger partial charge in [0, 0.05) is 0 Å². The van der Waals surface area contributed by atoms with Gasteiger partial charge in [0.05, 0.1) is 0 Å². The van der Waals surface area contributed by atoms with Crippen molar-refractivity contribution >= 4 is 12.2 Å². The van der Waals surface area contributed by atoms with Crippen LogP contribution in [0.1, 0.15) is 6.92 Å². The van der Waals surface area contributed by atoms with Gasteiger partial charge < -0.3 is 9.47 Å². The third-order valence-corrected chi connectivity index (χ3v) is 0.993. The number of nitrogens with one attached hydrogen (secondary N) is 2. The summed E-state index contributed by atoms with van der Waals surface area (Å²) in [6.45, 7) is 1.43. The van der Waals surface area contributed by atoms with Gasteiger partial charge >= 0.3 is 12.2 Å². The SMILES string of the molecule is CC(COC(=O)NN)OC(=O)NN. The van der Waals surface area contributed by atoms with Crippen LogP contribution in [-0.4, -0.2) is 24.9 Å². The third-order valence-electron chi connectivity index (χ3n) is 0.993. The second kappa shape index (κ2) is 6.03. The van der Waals surface area contributed by atoms with Gasteiger partial charge in [-0.3, -0.25) is 10.9 Å². The van der Waals surface area contributed by atoms with Gasteiger partial charge in [-0.1, -0.05) is 0 Å². The molecule has 0 aliphatic carbocycles. The highest BCUT2D eigenvalue weighted by Crippen LogP contribution is 1.92. The van der Waals surface area contributed by atoms with E-state index in [0.29, 0.717) is 0 Å². The second-order valence-corrected chi connectivity index (χ2v) is 2.10. The van der Waals surface area contributed by atoms with Crippen molar-refractivity contribution < 1.29 is 19.1 Å². The Morgan fingerprint density at radius 1 is 1.31 bits per heavy atom. The fraction of sp³-hybridized carbons (Fsp3) is 0.600. The minimum atomic E-state index is -0.802. The largest absolute Gasteiger partial charge is 0.445 e. The Bertz CT molecular complexity index is 185. The van der Waals surface area contributed by atoms with Crippen LogP contribution in [0.25, 0.3) is 0 Å². The Morgan fingerprint density at radius 3 is 2.31 bits per heavy atom. The Labute approximate surface area is 74.5 Å². The number of amides is 2. The van der Waals surface area contributed by atoms with Gasteiger partial charge in [-0.05, 0) is 6.92 Å². The molecule has 0 aliphatic rings. The number of hydrogen-bond donors (Lipinski definition) is 4. The van der Waals surface area contributed by atoms with Crippen molar-refractivity contribution in [3.63, 3.8) is 0 Å². The zero-order chi connectivity index (χ0) is 10.3. The molecule has 1 unspecified atom stereocenters. The van der Waals surface area contributed by atoms with Crippen molar-refractivity contribution in [2.24, 2.45) is 11.7 Å². The van der Waals surface area contributed by atoms with E-state index in [1.54, 1.807) is 10.9 Å². The summed E-state index contributed by atoms with van der Waals surface area (Å²) in [6.07, 6.45) is -2.20. The highest BCUT2D eigenvalue weighted by Gasteiger charge is 2.09. The van der Waals surface area contributed by atoms with E-state index >= 15 is 0 Å². The van der Waals surface area contributed by atoms with Gasteiger partial charge in [-0.25, -0.2) is 21.3 Å². The minimum Gasteiger partial charge on any atom is -0.445 e. The maximum absolute atomic E-state index is 10.5. The zero-order valence-corrected chi connectivity index (χ0v) is 7.07. The van der Waals surface area contributed by atoms with Crippen molar-refractivity contribution in [2.45, 2.75) is 13.0 Å². The minimum absolute atomic E-state index is 0.101. The number of hydrogen-bond acceptors (Lipinski definition) is 6. The number of nitrogens with two attached hydrogens (primary N) is 2. The standard InChI is InChI=1S/C5H12N4O4/c1-3(13-5(11)9-7)2-12-4(10)8-6/h3H,2,6-7H2,1H3,(H,8,10)(H,9,11). The van der Waals surface area contributed by atoms with Gasteiger partial charge in [0.1, 0.15) is 12.7 Å². The molecule has 1 atom stereocenters. The van der Waals surface area contributed by atoms with Crippen LogP contribution in [-0.2, 0) is 9.47 Å². The number of rotatable bonds is 3. The molecule has 8 heteroatoms. The smallest absolute Gasteiger partial charge is 0.421 e. The molecular formula is C5H12N4O4. The van der Waals surface area contributed by atoms with Crippen molar-refractivity contribution in [1.82, 2.24) is 10.9 Å². The van der Waals surface area contributed by atoms with Crippen LogP contribution in [0.2, 0.25) is 0 Å². The van der Waals surface area contributed by atoms with E-state index in [9.17, 15) is 9.59 Å². The monoisotopic (exact) mass is 192 g/mol. The molecule has 0 saturated carbocycles. The average Bonchev–Trinajstić information content (AvgIpc) is 2.13. The fourth-order valence-corrected chi connectivity index (χ4v) is 0.485. The number of ether oxygens (including phenoxy) is 2. The van der Waals surface area contributed by atoms with E-state index in [2.05, 4.69) is 9.47 Å². The van der Waals surface area contributed by atoms with Gasteiger partial charge in [0.2, 0.25) is 0 Å². The van der Waals surface area contributed by atoms with Crippen LogP contribution >= 0.6 is 0 Å². The van der Waals surface area contributed by atoms with Crippen molar-refractivity contribution in [1.29, 1.82) is 0 Å². The first-order chi connectivity index (χ1) is 6.10. The summed E-state index contributed by atoms with van der Waals surface area (Å²) >= 11 is 0. The van der Waals surface area contributed by atoms with E-state index < -0.39 is 18.3 Å². The molecule has 0 aromatic rings. The zero-order valence-electron chi connectivity index (χ0n) is 7.07. The molecular weight excluding hydrogens is 180 g/mol. The van der Waals surface area contributed by atoms with E-state index in [0.717, 1.165) is 0 Å². The summed E-state index contributed by atoms with van der Waals surface area (Å²) in [5.74, 6) is 9.46. The topological polar surface area (TPSA) is 129 Å². The molecule has 0 aromatic heterocycles. The Morgan fingerprint density at radius 2 is 1.85 bits per heavy atom. The lowest BCUT2D eigenvalue weighted by molar-refractivity contribution is 0.0532. The van der Waals surface area contributed by atoms with Crippen molar-refractivity contribution in [2.75, 3.05) is 6.61 Å². The number of hydrazine groups is 2. The summed E-state index contributed by atoms with van der Waals surface area (Å²) in [4.78, 5) is 20.9. The predicted molar refractivity (Wildman–Crippen MR) is 41.9 cm³/mol. The molecule has 0 saturated heterocycles. The molecule has 13 heavy (non-hydrogen) atoms. The summed E-state index contributed by atoms with van der Waals surface area (Å²) in [7, 11) is 0. The van der Waals surface area contributed by atoms with Crippen LogP contribution in [0.4, 0.5) is 9.59 Å². The summed E-state index contributed by atoms with van der Waals surface area (Å²) in [5.41, 5.74) is 3.50. The Balaban J connectivity index is 3.56. The molecule has 0 bridgehead atoms. The van der Waals surface area contributed by atoms with E-state index in [1.807, 2.05) is 0 Å². The van der Waals surface area contributed by atoms with E-state index in [-0.39, 0.29) is 6.61 Å². The van der Waals surface area contributed by atoms with Crippen molar-refractivity contribution in [3.8, 4) is 0 Å². The lowest BCUT2D eigenvalue weighted by Crippen LogP contribution is -2.36. The molecule has 0 rings (SSSR count). The van der Waals surface area contributed by atoms with E-state index in [4.69, 9.17) is 11.7 Å². The molecule has 8 nitrogen and oxygen atoms in total. The maximum atomic E-state index is 10.5. The highest BCUT2D eigenvalue weighted by molar-refractivity contribution is 5.67. The van der Waals surface area contributed by atoms with Gasteiger partial charge in [0.15, 0.2) is 0 Å². The first-order valence-corrected chi connectivity index (χ1v) is 3.40. The van der Waals surface area contributed by atoms with Gasteiger partial charge in [0.25, 0.3) is 0 Å². The molecule has 6 N–H and O–H groups in total. The van der Waals surface area contributed by atoms with Gasteiger partial charge in [-0.15, -0.1) is 0 Å². The molecule has 2 amide bonds. The second-order valence-electron chi connectivity index (χ2n) is 2.10. The molecule has 0 aromatic carbocycles. The Kier molecular flexibility index (Phi) is 5.32. The Hall–Kier alpha value is -1.54. The lowest BCUT2D eigenvalue weighted by atomic mass is 10.4. The molecule has 0 heterocycles. The van der Waals surface area contributed by atoms with Crippen molar-refractivity contribution in [3.05, 3.63) is 0 Å². The lowest BCUT2D eigenvalue weighted by Gasteiger charge is -2.12. The average molecular weight is 192 g/mol. The number of carbonyl (C=O) groups excluding carboxylic acids is 2. The normalized spacial score (nSPS) is 11.3. The maximum Gasteiger partial charge on any atom is 0.421 e. The van der Waals surface area contributed by atoms with E-state index in [1.165, 1.54) is 6.92 Å². The first kappa shape index (κ1) is 11.5. The van der Waals surface area contributed by atoms with Crippen LogP contribution in [0, 0.1) is 0 Å². The fourth-order valence-electron chi connectivity index (χ4n) is 0.485. The van der Waals surface area contributed by atoms with Gasteiger partial charge in [-0.2, -0.15) is 0 Å². The first-order valence-electron chi connectivity index (χ1n) is 3.40. The molecule has 0 aliphatic heterocycles.